The van der Waals surface area contributed by atoms with Crippen LogP contribution < -0.4 is 0 Å². The molecular formula is C10H14N2O2. The highest BCUT2D eigenvalue weighted by Gasteiger charge is 1.96. The predicted octanol–water partition coefficient (Wildman–Crippen LogP) is 1.32. The first-order chi connectivity index (χ1) is 6.79. The number of aliphatic imine (C=N–C) groups is 2. The summed E-state index contributed by atoms with van der Waals surface area (Å²) in [7, 11) is 0. The van der Waals surface area contributed by atoms with Gasteiger partial charge in [-0.15, -0.1) is 0 Å². The van der Waals surface area contributed by atoms with E-state index < -0.39 is 5.97 Å². The third-order valence-electron chi connectivity index (χ3n) is 1.82. The van der Waals surface area contributed by atoms with E-state index in [1.807, 2.05) is 6.21 Å². The zero-order valence-corrected chi connectivity index (χ0v) is 8.02. The summed E-state index contributed by atoms with van der Waals surface area (Å²) in [6, 6.07) is 0. The van der Waals surface area contributed by atoms with E-state index in [1.165, 1.54) is 0 Å². The van der Waals surface area contributed by atoms with Crippen molar-refractivity contribution in [2.24, 2.45) is 9.98 Å². The molecule has 0 aliphatic carbocycles. The number of carboxylic acid groups (broad SMARTS) is 1. The maximum atomic E-state index is 10.2. The van der Waals surface area contributed by atoms with E-state index in [0.29, 0.717) is 19.5 Å². The standard InChI is InChI=1S/C10H14N2O2/c13-10(14)4-2-6-12-8-9-3-1-5-11-7-9/h3,5,8H,1-2,4,6-7H2,(H,13,14). The Labute approximate surface area is 83.1 Å². The monoisotopic (exact) mass is 194 g/mol. The minimum atomic E-state index is -0.762. The number of carboxylic acids is 1. The van der Waals surface area contributed by atoms with Crippen molar-refractivity contribution in [1.29, 1.82) is 0 Å². The number of hydrogen-bond acceptors (Lipinski definition) is 3. The van der Waals surface area contributed by atoms with Crippen LogP contribution in [0, 0.1) is 0 Å². The Morgan fingerprint density at radius 3 is 3.21 bits per heavy atom. The quantitative estimate of drug-likeness (QED) is 0.530. The number of hydrogen-bond donors (Lipinski definition) is 1. The molecule has 4 nitrogen and oxygen atoms in total. The molecule has 0 saturated heterocycles. The van der Waals surface area contributed by atoms with Gasteiger partial charge in [0.2, 0.25) is 0 Å². The molecule has 0 saturated carbocycles. The molecule has 76 valence electrons. The first-order valence-electron chi connectivity index (χ1n) is 4.68. The van der Waals surface area contributed by atoms with Crippen LogP contribution in [0.5, 0.6) is 0 Å². The van der Waals surface area contributed by atoms with Gasteiger partial charge in [0, 0.05) is 31.8 Å². The first kappa shape index (κ1) is 10.6. The second-order valence-corrected chi connectivity index (χ2v) is 3.07. The number of aliphatic carboxylic acids is 1. The second-order valence-electron chi connectivity index (χ2n) is 3.07. The highest BCUT2D eigenvalue weighted by Crippen LogP contribution is 1.99. The predicted molar refractivity (Wildman–Crippen MR) is 56.3 cm³/mol. The van der Waals surface area contributed by atoms with Gasteiger partial charge in [0.15, 0.2) is 0 Å². The average Bonchev–Trinajstić information content (AvgIpc) is 2.18. The second kappa shape index (κ2) is 6.07. The molecular weight excluding hydrogens is 180 g/mol. The van der Waals surface area contributed by atoms with Gasteiger partial charge in [-0.25, -0.2) is 0 Å². The molecule has 0 aromatic carbocycles. The van der Waals surface area contributed by atoms with Crippen molar-refractivity contribution in [2.45, 2.75) is 19.3 Å². The normalized spacial score (nSPS) is 15.9. The van der Waals surface area contributed by atoms with Crippen molar-refractivity contribution >= 4 is 18.4 Å². The van der Waals surface area contributed by atoms with Gasteiger partial charge in [-0.1, -0.05) is 6.08 Å². The van der Waals surface area contributed by atoms with Crippen LogP contribution >= 0.6 is 0 Å². The van der Waals surface area contributed by atoms with E-state index in [9.17, 15) is 4.79 Å². The van der Waals surface area contributed by atoms with Crippen molar-refractivity contribution in [3.63, 3.8) is 0 Å². The Hall–Kier alpha value is -1.45. The molecule has 0 fully saturated rings. The summed E-state index contributed by atoms with van der Waals surface area (Å²) in [6.07, 6.45) is 7.40. The summed E-state index contributed by atoms with van der Waals surface area (Å²) in [4.78, 5) is 18.4. The van der Waals surface area contributed by atoms with Crippen molar-refractivity contribution in [2.75, 3.05) is 13.1 Å². The smallest absolute Gasteiger partial charge is 0.303 e. The zero-order valence-electron chi connectivity index (χ0n) is 8.02. The molecule has 0 bridgehead atoms. The third-order valence-corrected chi connectivity index (χ3v) is 1.82. The average molecular weight is 194 g/mol. The van der Waals surface area contributed by atoms with Gasteiger partial charge in [-0.3, -0.25) is 14.8 Å². The van der Waals surface area contributed by atoms with Crippen molar-refractivity contribution in [1.82, 2.24) is 0 Å². The number of carbonyl (C=O) groups is 1. The fraction of sp³-hybridized carbons (Fsp3) is 0.500. The fourth-order valence-corrected chi connectivity index (χ4v) is 1.11. The van der Waals surface area contributed by atoms with Crippen molar-refractivity contribution in [3.05, 3.63) is 11.6 Å². The Kier molecular flexibility index (Phi) is 4.61. The number of allylic oxidation sites excluding steroid dienone is 1. The summed E-state index contributed by atoms with van der Waals surface area (Å²) in [5.41, 5.74) is 1.11. The molecule has 4 heteroatoms. The van der Waals surface area contributed by atoms with Crippen molar-refractivity contribution < 1.29 is 9.90 Å². The number of nitrogens with zero attached hydrogens (tertiary/aromatic N) is 2. The van der Waals surface area contributed by atoms with Crippen molar-refractivity contribution in [3.8, 4) is 0 Å². The largest absolute Gasteiger partial charge is 0.481 e. The minimum Gasteiger partial charge on any atom is -0.481 e. The van der Waals surface area contributed by atoms with Crippen LogP contribution in [0.15, 0.2) is 21.6 Å². The molecule has 0 aromatic heterocycles. The van der Waals surface area contributed by atoms with Gasteiger partial charge in [0.25, 0.3) is 0 Å². The fourth-order valence-electron chi connectivity index (χ4n) is 1.11. The van der Waals surface area contributed by atoms with Crippen LogP contribution in [0.1, 0.15) is 19.3 Å². The molecule has 1 N–H and O–H groups in total. The summed E-state index contributed by atoms with van der Waals surface area (Å²) in [5, 5.41) is 8.38. The lowest BCUT2D eigenvalue weighted by Crippen LogP contribution is -1.98. The molecule has 1 aliphatic rings. The lowest BCUT2D eigenvalue weighted by atomic mass is 10.2. The van der Waals surface area contributed by atoms with E-state index in [0.717, 1.165) is 12.0 Å². The summed E-state index contributed by atoms with van der Waals surface area (Å²) >= 11 is 0. The van der Waals surface area contributed by atoms with E-state index in [-0.39, 0.29) is 6.42 Å². The Morgan fingerprint density at radius 1 is 1.71 bits per heavy atom. The number of rotatable bonds is 5. The van der Waals surface area contributed by atoms with E-state index >= 15 is 0 Å². The van der Waals surface area contributed by atoms with Crippen LogP contribution in [0.2, 0.25) is 0 Å². The summed E-state index contributed by atoms with van der Waals surface area (Å²) in [6.45, 7) is 1.27. The van der Waals surface area contributed by atoms with E-state index in [2.05, 4.69) is 16.1 Å². The lowest BCUT2D eigenvalue weighted by Gasteiger charge is -2.00. The van der Waals surface area contributed by atoms with Crippen LogP contribution in [0.3, 0.4) is 0 Å². The third kappa shape index (κ3) is 4.54. The Morgan fingerprint density at radius 2 is 2.57 bits per heavy atom. The Bertz CT molecular complexity index is 280. The maximum absolute atomic E-state index is 10.2. The molecule has 1 rings (SSSR count). The molecule has 0 amide bonds. The van der Waals surface area contributed by atoms with E-state index in [4.69, 9.17) is 5.11 Å². The molecule has 0 unspecified atom stereocenters. The van der Waals surface area contributed by atoms with Crippen LogP contribution in [0.25, 0.3) is 0 Å². The van der Waals surface area contributed by atoms with Crippen LogP contribution in [0.4, 0.5) is 0 Å². The first-order valence-corrected chi connectivity index (χ1v) is 4.68. The number of dihydropyridines is 1. The maximum Gasteiger partial charge on any atom is 0.303 e. The summed E-state index contributed by atoms with van der Waals surface area (Å²) < 4.78 is 0. The molecule has 1 heterocycles. The van der Waals surface area contributed by atoms with E-state index in [1.54, 1.807) is 6.21 Å². The zero-order chi connectivity index (χ0) is 10.2. The highest BCUT2D eigenvalue weighted by molar-refractivity contribution is 5.81. The van der Waals surface area contributed by atoms with Crippen LogP contribution in [-0.4, -0.2) is 36.6 Å². The lowest BCUT2D eigenvalue weighted by molar-refractivity contribution is -0.137. The van der Waals surface area contributed by atoms with Gasteiger partial charge in [0.1, 0.15) is 0 Å². The summed E-state index contributed by atoms with van der Waals surface area (Å²) in [5.74, 6) is -0.762. The van der Waals surface area contributed by atoms with Crippen LogP contribution in [-0.2, 0) is 4.79 Å². The van der Waals surface area contributed by atoms with Gasteiger partial charge in [-0.05, 0) is 12.0 Å². The molecule has 0 spiro atoms. The Balaban J connectivity index is 2.14. The minimum absolute atomic E-state index is 0.189. The molecule has 0 atom stereocenters. The highest BCUT2D eigenvalue weighted by atomic mass is 16.4. The SMILES string of the molecule is O=C(O)CCCN=CC1=CCC=NC1. The molecule has 1 aliphatic heterocycles. The molecule has 0 aromatic rings. The van der Waals surface area contributed by atoms with Gasteiger partial charge in [-0.2, -0.15) is 0 Å². The molecule has 0 radical (unpaired) electrons. The van der Waals surface area contributed by atoms with Gasteiger partial charge < -0.3 is 5.11 Å². The topological polar surface area (TPSA) is 62.0 Å². The van der Waals surface area contributed by atoms with Gasteiger partial charge in [0.05, 0.1) is 6.54 Å². The molecule has 14 heavy (non-hydrogen) atoms. The van der Waals surface area contributed by atoms with Gasteiger partial charge >= 0.3 is 5.97 Å².